The van der Waals surface area contributed by atoms with Crippen LogP contribution in [0.4, 0.5) is 0 Å². The summed E-state index contributed by atoms with van der Waals surface area (Å²) < 4.78 is 5.00. The summed E-state index contributed by atoms with van der Waals surface area (Å²) in [5.41, 5.74) is 1.87. The molecule has 0 aliphatic heterocycles. The van der Waals surface area contributed by atoms with E-state index in [4.69, 9.17) is 4.74 Å². The minimum atomic E-state index is -0.850. The van der Waals surface area contributed by atoms with Gasteiger partial charge in [-0.15, -0.1) is 0 Å². The van der Waals surface area contributed by atoms with Gasteiger partial charge in [0.15, 0.2) is 6.61 Å². The minimum Gasteiger partial charge on any atom is -0.508 e. The Hall–Kier alpha value is -3.80. The highest BCUT2D eigenvalue weighted by atomic mass is 16.5. The van der Waals surface area contributed by atoms with Gasteiger partial charge in [0.2, 0.25) is 0 Å². The highest BCUT2D eigenvalue weighted by Gasteiger charge is 2.18. The Bertz CT molecular complexity index is 973. The molecule has 0 aliphatic rings. The molecule has 29 heavy (non-hydrogen) atoms. The maximum Gasteiger partial charge on any atom is 0.342 e. The topological polar surface area (TPSA) is 95.9 Å². The van der Waals surface area contributed by atoms with Crippen LogP contribution >= 0.6 is 0 Å². The van der Waals surface area contributed by atoms with Gasteiger partial charge in [-0.25, -0.2) is 4.79 Å². The van der Waals surface area contributed by atoms with E-state index in [9.17, 15) is 19.8 Å². The zero-order valence-corrected chi connectivity index (χ0v) is 15.6. The van der Waals surface area contributed by atoms with Crippen molar-refractivity contribution in [1.29, 1.82) is 0 Å². The van der Waals surface area contributed by atoms with Crippen molar-refractivity contribution in [3.63, 3.8) is 0 Å². The Kier molecular flexibility index (Phi) is 6.47. The number of hydrogen-bond donors (Lipinski definition) is 3. The lowest BCUT2D eigenvalue weighted by Crippen LogP contribution is -2.33. The fraction of sp³-hybridized carbons (Fsp3) is 0.130. The molecular weight excluding hydrogens is 370 g/mol. The summed E-state index contributed by atoms with van der Waals surface area (Å²) in [7, 11) is 0. The molecule has 6 heteroatoms. The maximum atomic E-state index is 12.4. The first-order valence-corrected chi connectivity index (χ1v) is 9.10. The van der Waals surface area contributed by atoms with Crippen molar-refractivity contribution in [2.24, 2.45) is 0 Å². The Morgan fingerprint density at radius 2 is 1.55 bits per heavy atom. The van der Waals surface area contributed by atoms with Crippen molar-refractivity contribution in [2.75, 3.05) is 6.61 Å². The van der Waals surface area contributed by atoms with E-state index in [0.717, 1.165) is 17.2 Å². The summed E-state index contributed by atoms with van der Waals surface area (Å²) in [6, 6.07) is 22.5. The lowest BCUT2D eigenvalue weighted by atomic mass is 9.99. The zero-order chi connectivity index (χ0) is 20.6. The molecule has 0 saturated carbocycles. The van der Waals surface area contributed by atoms with E-state index in [-0.39, 0.29) is 17.4 Å². The number of ether oxygens (including phenoxy) is 1. The quantitative estimate of drug-likeness (QED) is 0.537. The highest BCUT2D eigenvalue weighted by molar-refractivity contribution is 5.94. The van der Waals surface area contributed by atoms with E-state index in [1.807, 2.05) is 60.7 Å². The number of carbonyl (C=O) groups is 2. The first kappa shape index (κ1) is 19.9. The second-order valence-electron chi connectivity index (χ2n) is 6.50. The monoisotopic (exact) mass is 391 g/mol. The maximum absolute atomic E-state index is 12.4. The summed E-state index contributed by atoms with van der Waals surface area (Å²) >= 11 is 0. The molecule has 0 heterocycles. The fourth-order valence-electron chi connectivity index (χ4n) is 2.92. The van der Waals surface area contributed by atoms with Gasteiger partial charge in [-0.1, -0.05) is 60.7 Å². The molecule has 3 rings (SSSR count). The molecule has 1 atom stereocenters. The van der Waals surface area contributed by atoms with Crippen LogP contribution in [0.3, 0.4) is 0 Å². The molecule has 0 aliphatic carbocycles. The molecule has 1 amide bonds. The van der Waals surface area contributed by atoms with Crippen LogP contribution in [-0.2, 0) is 16.0 Å². The van der Waals surface area contributed by atoms with E-state index in [1.54, 1.807) is 0 Å². The summed E-state index contributed by atoms with van der Waals surface area (Å²) in [6.07, 6.45) is 0.587. The van der Waals surface area contributed by atoms with E-state index >= 15 is 0 Å². The molecule has 0 saturated heterocycles. The van der Waals surface area contributed by atoms with Crippen molar-refractivity contribution < 1.29 is 24.5 Å². The molecule has 3 N–H and O–H groups in total. The Labute approximate surface area is 168 Å². The van der Waals surface area contributed by atoms with Gasteiger partial charge in [0.05, 0.1) is 6.04 Å². The molecule has 0 bridgehead atoms. The average Bonchev–Trinajstić information content (AvgIpc) is 2.73. The number of hydrogen-bond acceptors (Lipinski definition) is 5. The number of rotatable bonds is 7. The van der Waals surface area contributed by atoms with Crippen molar-refractivity contribution in [2.45, 2.75) is 12.5 Å². The second-order valence-corrected chi connectivity index (χ2v) is 6.50. The summed E-state index contributed by atoms with van der Waals surface area (Å²) in [5, 5.41) is 21.9. The van der Waals surface area contributed by atoms with Crippen molar-refractivity contribution in [3.05, 3.63) is 95.6 Å². The third kappa shape index (κ3) is 5.59. The number of esters is 1. The molecule has 3 aromatic carbocycles. The molecule has 0 fully saturated rings. The van der Waals surface area contributed by atoms with Gasteiger partial charge >= 0.3 is 5.97 Å². The fourth-order valence-corrected chi connectivity index (χ4v) is 2.92. The van der Waals surface area contributed by atoms with Gasteiger partial charge in [-0.05, 0) is 29.7 Å². The molecule has 3 aromatic rings. The third-order valence-electron chi connectivity index (χ3n) is 4.36. The largest absolute Gasteiger partial charge is 0.508 e. The van der Waals surface area contributed by atoms with Crippen LogP contribution in [0.25, 0.3) is 0 Å². The van der Waals surface area contributed by atoms with Crippen LogP contribution in [-0.4, -0.2) is 28.7 Å². The third-order valence-corrected chi connectivity index (χ3v) is 4.36. The highest BCUT2D eigenvalue weighted by Crippen LogP contribution is 2.23. The van der Waals surface area contributed by atoms with Gasteiger partial charge in [0, 0.05) is 6.07 Å². The van der Waals surface area contributed by atoms with Crippen LogP contribution in [0.1, 0.15) is 27.5 Å². The molecule has 0 aromatic heterocycles. The van der Waals surface area contributed by atoms with Crippen molar-refractivity contribution in [1.82, 2.24) is 5.32 Å². The van der Waals surface area contributed by atoms with Crippen molar-refractivity contribution >= 4 is 11.9 Å². The van der Waals surface area contributed by atoms with E-state index in [0.29, 0.717) is 6.42 Å². The molecule has 148 valence electrons. The number of carbonyl (C=O) groups excluding carboxylic acids is 2. The Morgan fingerprint density at radius 3 is 2.21 bits per heavy atom. The second kappa shape index (κ2) is 9.41. The number of benzene rings is 3. The molecule has 0 radical (unpaired) electrons. The summed E-state index contributed by atoms with van der Waals surface area (Å²) in [4.78, 5) is 24.5. The molecule has 6 nitrogen and oxygen atoms in total. The zero-order valence-electron chi connectivity index (χ0n) is 15.6. The van der Waals surface area contributed by atoms with E-state index in [1.165, 1.54) is 12.1 Å². The summed E-state index contributed by atoms with van der Waals surface area (Å²) in [6.45, 7) is -0.489. The smallest absolute Gasteiger partial charge is 0.342 e. The van der Waals surface area contributed by atoms with Crippen LogP contribution in [0.15, 0.2) is 78.9 Å². The van der Waals surface area contributed by atoms with E-state index in [2.05, 4.69) is 5.32 Å². The Morgan fingerprint density at radius 1 is 0.897 bits per heavy atom. The molecule has 1 unspecified atom stereocenters. The van der Waals surface area contributed by atoms with Gasteiger partial charge in [0.25, 0.3) is 5.91 Å². The minimum absolute atomic E-state index is 0.125. The number of phenols is 2. The lowest BCUT2D eigenvalue weighted by Gasteiger charge is -2.19. The van der Waals surface area contributed by atoms with E-state index < -0.39 is 24.2 Å². The number of aromatic hydroxyl groups is 2. The van der Waals surface area contributed by atoms with Gasteiger partial charge in [-0.3, -0.25) is 4.79 Å². The van der Waals surface area contributed by atoms with Gasteiger partial charge < -0.3 is 20.3 Å². The average molecular weight is 391 g/mol. The van der Waals surface area contributed by atoms with Crippen LogP contribution in [0, 0.1) is 0 Å². The first-order chi connectivity index (χ1) is 14.0. The Balaban J connectivity index is 1.64. The first-order valence-electron chi connectivity index (χ1n) is 9.10. The number of nitrogens with one attached hydrogen (secondary N) is 1. The van der Waals surface area contributed by atoms with Gasteiger partial charge in [-0.2, -0.15) is 0 Å². The van der Waals surface area contributed by atoms with Crippen LogP contribution in [0.2, 0.25) is 0 Å². The number of phenolic OH excluding ortho intramolecular Hbond substituents is 2. The molecular formula is C23H21NO5. The molecule has 0 spiro atoms. The predicted octanol–water partition coefficient (Wildman–Crippen LogP) is 3.35. The normalized spacial score (nSPS) is 11.4. The van der Waals surface area contributed by atoms with Gasteiger partial charge in [0.1, 0.15) is 17.1 Å². The van der Waals surface area contributed by atoms with Crippen molar-refractivity contribution in [3.8, 4) is 11.5 Å². The SMILES string of the molecule is O=C(COC(=O)c1ccc(O)cc1O)NC(Cc1ccccc1)c1ccccc1. The summed E-state index contributed by atoms with van der Waals surface area (Å²) in [5.74, 6) is -1.90. The standard InChI is InChI=1S/C23H21NO5/c25-18-11-12-19(21(26)14-18)23(28)29-15-22(27)24-20(17-9-5-2-6-10-17)13-16-7-3-1-4-8-16/h1-12,14,20,25-26H,13,15H2,(H,24,27). The lowest BCUT2D eigenvalue weighted by molar-refractivity contribution is -0.125. The van der Waals surface area contributed by atoms with Crippen LogP contribution < -0.4 is 5.32 Å². The van der Waals surface area contributed by atoms with Crippen LogP contribution in [0.5, 0.6) is 11.5 Å². The number of amides is 1. The predicted molar refractivity (Wildman–Crippen MR) is 108 cm³/mol.